The third kappa shape index (κ3) is 5.30. The third-order valence-corrected chi connectivity index (χ3v) is 5.51. The lowest BCUT2D eigenvalue weighted by Gasteiger charge is -2.30. The van der Waals surface area contributed by atoms with Gasteiger partial charge in [0.05, 0.1) is 50.1 Å². The van der Waals surface area contributed by atoms with Gasteiger partial charge in [0.2, 0.25) is 0 Å². The monoisotopic (exact) mass is 488 g/mol. The van der Waals surface area contributed by atoms with E-state index in [1.165, 1.54) is 24.3 Å². The molecule has 2 aromatic carbocycles. The lowest BCUT2D eigenvalue weighted by Crippen LogP contribution is -2.39. The summed E-state index contributed by atoms with van der Waals surface area (Å²) in [6.45, 7) is 2.10. The number of hydrogen-bond donors (Lipinski definition) is 2. The molecule has 0 spiro atoms. The summed E-state index contributed by atoms with van der Waals surface area (Å²) < 4.78 is 5.33. The molecule has 0 aromatic heterocycles. The molecule has 3 rings (SSSR count). The number of benzene rings is 2. The number of nitrogens with one attached hydrogen (secondary N) is 2. The number of amides is 1. The maximum Gasteiger partial charge on any atom is 0.270 e. The van der Waals surface area contributed by atoms with E-state index in [0.29, 0.717) is 37.7 Å². The van der Waals surface area contributed by atoms with Crippen LogP contribution in [0.25, 0.3) is 0 Å². The van der Waals surface area contributed by atoms with Gasteiger partial charge in [-0.2, -0.15) is 0 Å². The average molecular weight is 490 g/mol. The number of rotatable bonds is 4. The minimum atomic E-state index is -0.603. The number of ether oxygens (including phenoxy) is 1. The number of carbonyl (C=O) groups is 1. The van der Waals surface area contributed by atoms with E-state index < -0.39 is 10.8 Å². The molecule has 0 aliphatic carbocycles. The van der Waals surface area contributed by atoms with E-state index in [4.69, 9.17) is 51.8 Å². The van der Waals surface area contributed by atoms with Crippen molar-refractivity contribution in [2.45, 2.75) is 0 Å². The number of morpholine rings is 1. The zero-order valence-electron chi connectivity index (χ0n) is 15.3. The second-order valence-corrected chi connectivity index (χ2v) is 7.84. The van der Waals surface area contributed by atoms with Crippen LogP contribution in [0.3, 0.4) is 0 Å². The molecule has 1 aliphatic heterocycles. The number of nitrogens with zero attached hydrogens (tertiary/aromatic N) is 2. The first-order valence-electron chi connectivity index (χ1n) is 8.64. The fourth-order valence-corrected chi connectivity index (χ4v) is 3.64. The molecule has 0 atom stereocenters. The minimum Gasteiger partial charge on any atom is -0.378 e. The van der Waals surface area contributed by atoms with Crippen molar-refractivity contribution in [2.75, 3.05) is 36.5 Å². The third-order valence-electron chi connectivity index (χ3n) is 4.27. The number of non-ortho nitro benzene ring substituents is 1. The Morgan fingerprint density at radius 2 is 1.77 bits per heavy atom. The molecule has 2 aromatic rings. The van der Waals surface area contributed by atoms with Crippen molar-refractivity contribution in [1.82, 2.24) is 5.32 Å². The van der Waals surface area contributed by atoms with Crippen molar-refractivity contribution in [3.05, 3.63) is 61.1 Å². The smallest absolute Gasteiger partial charge is 0.270 e. The summed E-state index contributed by atoms with van der Waals surface area (Å²) in [6.07, 6.45) is 0. The molecule has 1 heterocycles. The van der Waals surface area contributed by atoms with Crippen molar-refractivity contribution in [3.63, 3.8) is 0 Å². The SMILES string of the molecule is O=C(NC(=S)Nc1cc(Cl)c(Cl)cc1Cl)c1cc([N+](=O)[O-])ccc1N1CCOCC1. The van der Waals surface area contributed by atoms with Crippen LogP contribution in [0.15, 0.2) is 30.3 Å². The van der Waals surface area contributed by atoms with Gasteiger partial charge in [-0.05, 0) is 30.4 Å². The van der Waals surface area contributed by atoms with E-state index in [-0.39, 0.29) is 31.4 Å². The summed E-state index contributed by atoms with van der Waals surface area (Å²) in [5.74, 6) is -0.603. The van der Waals surface area contributed by atoms with E-state index >= 15 is 0 Å². The van der Waals surface area contributed by atoms with Crippen molar-refractivity contribution >= 4 is 75.1 Å². The lowest BCUT2D eigenvalue weighted by atomic mass is 10.1. The van der Waals surface area contributed by atoms with Crippen molar-refractivity contribution in [1.29, 1.82) is 0 Å². The van der Waals surface area contributed by atoms with Gasteiger partial charge in [0.1, 0.15) is 0 Å². The Hall–Kier alpha value is -2.17. The van der Waals surface area contributed by atoms with E-state index in [9.17, 15) is 14.9 Å². The Balaban J connectivity index is 1.82. The summed E-state index contributed by atoms with van der Waals surface area (Å²) >= 11 is 23.2. The van der Waals surface area contributed by atoms with Gasteiger partial charge in [0.15, 0.2) is 5.11 Å². The largest absolute Gasteiger partial charge is 0.378 e. The highest BCUT2D eigenvalue weighted by atomic mass is 35.5. The summed E-state index contributed by atoms with van der Waals surface area (Å²) in [7, 11) is 0. The highest BCUT2D eigenvalue weighted by Gasteiger charge is 2.23. The Morgan fingerprint density at radius 1 is 1.10 bits per heavy atom. The lowest BCUT2D eigenvalue weighted by molar-refractivity contribution is -0.384. The number of nitro groups is 1. The molecule has 0 bridgehead atoms. The second kappa shape index (κ2) is 9.76. The summed E-state index contributed by atoms with van der Waals surface area (Å²) in [5, 5.41) is 17.2. The molecule has 0 unspecified atom stereocenters. The Kier molecular flexibility index (Phi) is 7.32. The molecule has 0 radical (unpaired) electrons. The molecule has 2 N–H and O–H groups in total. The van der Waals surface area contributed by atoms with Crippen LogP contribution in [-0.4, -0.2) is 42.2 Å². The van der Waals surface area contributed by atoms with Crippen molar-refractivity contribution in [3.8, 4) is 0 Å². The molecule has 0 saturated carbocycles. The Morgan fingerprint density at radius 3 is 2.43 bits per heavy atom. The molecule has 12 heteroatoms. The molecule has 1 fully saturated rings. The quantitative estimate of drug-likeness (QED) is 0.282. The molecule has 1 aliphatic rings. The van der Waals surface area contributed by atoms with Gasteiger partial charge < -0.3 is 15.0 Å². The van der Waals surface area contributed by atoms with Crippen LogP contribution >= 0.6 is 47.0 Å². The zero-order chi connectivity index (χ0) is 21.8. The van der Waals surface area contributed by atoms with Gasteiger partial charge in [-0.1, -0.05) is 34.8 Å². The van der Waals surface area contributed by atoms with E-state index in [0.717, 1.165) is 0 Å². The predicted molar refractivity (Wildman–Crippen MR) is 121 cm³/mol. The van der Waals surface area contributed by atoms with E-state index in [2.05, 4.69) is 10.6 Å². The van der Waals surface area contributed by atoms with Crippen molar-refractivity contribution in [2.24, 2.45) is 0 Å². The predicted octanol–water partition coefficient (Wildman–Crippen LogP) is 4.52. The fraction of sp³-hybridized carbons (Fsp3) is 0.222. The van der Waals surface area contributed by atoms with Gasteiger partial charge in [0.25, 0.3) is 11.6 Å². The normalized spacial score (nSPS) is 13.6. The summed E-state index contributed by atoms with van der Waals surface area (Å²) in [4.78, 5) is 25.4. The number of anilines is 2. The van der Waals surface area contributed by atoms with Crippen LogP contribution in [-0.2, 0) is 4.74 Å². The van der Waals surface area contributed by atoms with Crippen molar-refractivity contribution < 1.29 is 14.5 Å². The van der Waals surface area contributed by atoms with Gasteiger partial charge in [-0.25, -0.2) is 0 Å². The van der Waals surface area contributed by atoms with Gasteiger partial charge in [0, 0.05) is 25.2 Å². The molecular formula is C18H15Cl3N4O4S. The van der Waals surface area contributed by atoms with Gasteiger partial charge in [-0.3, -0.25) is 20.2 Å². The zero-order valence-corrected chi connectivity index (χ0v) is 18.4. The topological polar surface area (TPSA) is 96.7 Å². The standard InChI is InChI=1S/C18H15Cl3N4O4S/c19-12-8-14(21)15(9-13(12)20)22-18(30)23-17(26)11-7-10(25(27)28)1-2-16(11)24-3-5-29-6-4-24/h1-2,7-9H,3-6H2,(H2,22,23,26,30). The van der Waals surface area contributed by atoms with Gasteiger partial charge in [-0.15, -0.1) is 0 Å². The molecule has 8 nitrogen and oxygen atoms in total. The molecule has 1 amide bonds. The second-order valence-electron chi connectivity index (χ2n) is 6.21. The Labute approximate surface area is 192 Å². The van der Waals surface area contributed by atoms with Crippen LogP contribution in [0.1, 0.15) is 10.4 Å². The van der Waals surface area contributed by atoms with Crippen LogP contribution in [0.4, 0.5) is 17.1 Å². The highest BCUT2D eigenvalue weighted by molar-refractivity contribution is 7.80. The first-order valence-corrected chi connectivity index (χ1v) is 10.2. The first-order chi connectivity index (χ1) is 14.3. The number of nitro benzene ring substituents is 1. The first kappa shape index (κ1) is 22.5. The fourth-order valence-electron chi connectivity index (χ4n) is 2.84. The van der Waals surface area contributed by atoms with Crippen LogP contribution in [0.5, 0.6) is 0 Å². The summed E-state index contributed by atoms with van der Waals surface area (Å²) in [6, 6.07) is 7.03. The number of halogens is 3. The van der Waals surface area contributed by atoms with E-state index in [1.807, 2.05) is 4.90 Å². The molecule has 1 saturated heterocycles. The maximum atomic E-state index is 12.9. The average Bonchev–Trinajstić information content (AvgIpc) is 2.72. The van der Waals surface area contributed by atoms with Crippen LogP contribution < -0.4 is 15.5 Å². The Bertz CT molecular complexity index is 1020. The van der Waals surface area contributed by atoms with Gasteiger partial charge >= 0.3 is 0 Å². The van der Waals surface area contributed by atoms with Crippen LogP contribution in [0.2, 0.25) is 15.1 Å². The summed E-state index contributed by atoms with van der Waals surface area (Å²) in [5.41, 5.74) is 0.819. The number of carbonyl (C=O) groups excluding carboxylic acids is 1. The number of thiocarbonyl (C=S) groups is 1. The van der Waals surface area contributed by atoms with E-state index in [1.54, 1.807) is 6.07 Å². The highest BCUT2D eigenvalue weighted by Crippen LogP contribution is 2.32. The number of hydrogen-bond acceptors (Lipinski definition) is 6. The molecule has 158 valence electrons. The molecular weight excluding hydrogens is 475 g/mol. The maximum absolute atomic E-state index is 12.9. The molecule has 30 heavy (non-hydrogen) atoms. The van der Waals surface area contributed by atoms with Crippen LogP contribution in [0, 0.1) is 10.1 Å². The minimum absolute atomic E-state index is 0.0558.